The van der Waals surface area contributed by atoms with Crippen molar-refractivity contribution < 1.29 is 19.2 Å². The number of rotatable bonds is 5. The van der Waals surface area contributed by atoms with Gasteiger partial charge < -0.3 is 24.2 Å². The van der Waals surface area contributed by atoms with Gasteiger partial charge >= 0.3 is 11.8 Å². The van der Waals surface area contributed by atoms with E-state index in [-0.39, 0.29) is 41.7 Å². The second kappa shape index (κ2) is 6.16. The maximum Gasteiger partial charge on any atom is 0.381 e. The summed E-state index contributed by atoms with van der Waals surface area (Å²) in [5, 5.41) is 10.7. The number of aryl methyl sites for hydroxylation is 2. The van der Waals surface area contributed by atoms with Gasteiger partial charge in [0.05, 0.1) is 12.5 Å². The molecule has 3 atom stereocenters. The Labute approximate surface area is 140 Å². The summed E-state index contributed by atoms with van der Waals surface area (Å²) in [5.41, 5.74) is -0.162. The molecule has 1 aromatic rings. The molecule has 1 aromatic heterocycles. The van der Waals surface area contributed by atoms with Crippen LogP contribution in [-0.4, -0.2) is 39.3 Å². The molecule has 0 aromatic carbocycles. The molecule has 2 aliphatic rings. The lowest BCUT2D eigenvalue weighted by molar-refractivity contribution is -0.389. The summed E-state index contributed by atoms with van der Waals surface area (Å²) in [7, 11) is 0. The summed E-state index contributed by atoms with van der Waals surface area (Å²) in [6.07, 6.45) is 3.60. The molecule has 24 heavy (non-hydrogen) atoms. The van der Waals surface area contributed by atoms with Gasteiger partial charge in [0.1, 0.15) is 12.3 Å². The Hall–Kier alpha value is -1.96. The zero-order chi connectivity index (χ0) is 17.5. The number of fused-ring (bicyclic) bond motifs is 1. The molecule has 0 bridgehead atoms. The molecule has 1 saturated carbocycles. The van der Waals surface area contributed by atoms with Crippen molar-refractivity contribution in [2.45, 2.75) is 58.8 Å². The number of carbonyl (C=O) groups excluding carboxylic acids is 1. The molecule has 1 saturated heterocycles. The zero-order valence-electron chi connectivity index (χ0n) is 14.2. The summed E-state index contributed by atoms with van der Waals surface area (Å²) in [6.45, 7) is 6.92. The fourth-order valence-electron chi connectivity index (χ4n) is 3.93. The van der Waals surface area contributed by atoms with E-state index >= 15 is 0 Å². The first-order valence-corrected chi connectivity index (χ1v) is 8.30. The fraction of sp³-hybridized carbons (Fsp3) is 0.750. The van der Waals surface area contributed by atoms with Crippen molar-refractivity contribution in [2.24, 2.45) is 11.3 Å². The van der Waals surface area contributed by atoms with Crippen LogP contribution >= 0.6 is 0 Å². The predicted molar refractivity (Wildman–Crippen MR) is 84.4 cm³/mol. The van der Waals surface area contributed by atoms with E-state index in [1.54, 1.807) is 11.5 Å². The van der Waals surface area contributed by atoms with Crippen LogP contribution in [0.4, 0.5) is 5.82 Å². The number of hydrogen-bond acceptors (Lipinski definition) is 6. The zero-order valence-corrected chi connectivity index (χ0v) is 14.2. The minimum atomic E-state index is -0.540. The second-order valence-corrected chi connectivity index (χ2v) is 7.18. The predicted octanol–water partition coefficient (Wildman–Crippen LogP) is 2.24. The van der Waals surface area contributed by atoms with Crippen LogP contribution in [0.3, 0.4) is 0 Å². The largest absolute Gasteiger partial charge is 0.461 e. The molecule has 132 valence electrons. The maximum atomic E-state index is 12.2. The third-order valence-corrected chi connectivity index (χ3v) is 5.19. The summed E-state index contributed by atoms with van der Waals surface area (Å²) in [4.78, 5) is 26.2. The van der Waals surface area contributed by atoms with E-state index < -0.39 is 4.92 Å². The van der Waals surface area contributed by atoms with Crippen molar-refractivity contribution in [3.05, 3.63) is 22.1 Å². The van der Waals surface area contributed by atoms with Crippen molar-refractivity contribution >= 4 is 11.8 Å². The maximum absolute atomic E-state index is 12.2. The fourth-order valence-corrected chi connectivity index (χ4v) is 3.93. The highest BCUT2D eigenvalue weighted by atomic mass is 16.6. The standard InChI is InChI=1S/C16H23N3O5/c1-10-17-12(19(21)22)9-18(10)7-6-13(20)24-15-11-5-4-8-23-14(11)16(15,2)3/h9,11,14-15H,4-8H2,1-3H3/t11-,14-,15+/m0/s1. The summed E-state index contributed by atoms with van der Waals surface area (Å²) in [6, 6.07) is 0. The molecular formula is C16H23N3O5. The van der Waals surface area contributed by atoms with Crippen LogP contribution in [0, 0.1) is 28.4 Å². The lowest BCUT2D eigenvalue weighted by Crippen LogP contribution is -2.65. The average Bonchev–Trinajstić information content (AvgIpc) is 2.92. The molecule has 0 N–H and O–H groups in total. The second-order valence-electron chi connectivity index (χ2n) is 7.18. The Morgan fingerprint density at radius 1 is 1.58 bits per heavy atom. The van der Waals surface area contributed by atoms with E-state index in [0.29, 0.717) is 12.4 Å². The van der Waals surface area contributed by atoms with Gasteiger partial charge in [0.25, 0.3) is 0 Å². The van der Waals surface area contributed by atoms with Crippen LogP contribution in [0.2, 0.25) is 0 Å². The third kappa shape index (κ3) is 2.90. The molecule has 2 heterocycles. The first-order chi connectivity index (χ1) is 11.3. The first-order valence-electron chi connectivity index (χ1n) is 8.30. The Morgan fingerprint density at radius 2 is 2.33 bits per heavy atom. The van der Waals surface area contributed by atoms with Crippen molar-refractivity contribution in [3.63, 3.8) is 0 Å². The molecule has 1 aliphatic carbocycles. The Kier molecular flexibility index (Phi) is 4.33. The molecule has 0 spiro atoms. The number of nitrogens with zero attached hydrogens (tertiary/aromatic N) is 3. The van der Waals surface area contributed by atoms with Crippen LogP contribution in [-0.2, 0) is 20.8 Å². The number of esters is 1. The highest BCUT2D eigenvalue weighted by Gasteiger charge is 2.60. The van der Waals surface area contributed by atoms with Crippen molar-refractivity contribution in [1.82, 2.24) is 9.55 Å². The highest BCUT2D eigenvalue weighted by Crippen LogP contribution is 2.53. The van der Waals surface area contributed by atoms with Crippen LogP contribution in [0.1, 0.15) is 38.9 Å². The number of carbonyl (C=O) groups is 1. The van der Waals surface area contributed by atoms with Gasteiger partial charge in [-0.3, -0.25) is 4.79 Å². The van der Waals surface area contributed by atoms with Crippen LogP contribution in [0.25, 0.3) is 0 Å². The monoisotopic (exact) mass is 337 g/mol. The normalized spacial score (nSPS) is 27.9. The molecule has 0 amide bonds. The van der Waals surface area contributed by atoms with Crippen LogP contribution in [0.15, 0.2) is 6.20 Å². The Balaban J connectivity index is 1.55. The molecular weight excluding hydrogens is 314 g/mol. The van der Waals surface area contributed by atoms with Gasteiger partial charge in [-0.05, 0) is 22.7 Å². The molecule has 3 rings (SSSR count). The third-order valence-electron chi connectivity index (χ3n) is 5.19. The van der Waals surface area contributed by atoms with E-state index in [1.807, 2.05) is 0 Å². The SMILES string of the molecule is Cc1nc([N+](=O)[O-])cn1CCC(=O)O[C@@H]1[C@H]2CCCO[C@@H]2C1(C)C. The number of imidazole rings is 1. The van der Waals surface area contributed by atoms with Crippen LogP contribution in [0.5, 0.6) is 0 Å². The van der Waals surface area contributed by atoms with Gasteiger partial charge in [0, 0.05) is 31.4 Å². The molecule has 2 fully saturated rings. The first kappa shape index (κ1) is 16.9. The van der Waals surface area contributed by atoms with Crippen molar-refractivity contribution in [2.75, 3.05) is 6.61 Å². The molecule has 8 heteroatoms. The lowest BCUT2D eigenvalue weighted by Gasteiger charge is -2.58. The van der Waals surface area contributed by atoms with Gasteiger partial charge in [-0.15, -0.1) is 0 Å². The average molecular weight is 337 g/mol. The number of aromatic nitrogens is 2. The summed E-state index contributed by atoms with van der Waals surface area (Å²) < 4.78 is 13.1. The number of nitro groups is 1. The van der Waals surface area contributed by atoms with E-state index in [9.17, 15) is 14.9 Å². The van der Waals surface area contributed by atoms with E-state index in [4.69, 9.17) is 9.47 Å². The smallest absolute Gasteiger partial charge is 0.381 e. The van der Waals surface area contributed by atoms with Gasteiger partial charge in [0.15, 0.2) is 0 Å². The Morgan fingerprint density at radius 3 is 3.00 bits per heavy atom. The van der Waals surface area contributed by atoms with Crippen molar-refractivity contribution in [3.8, 4) is 0 Å². The van der Waals surface area contributed by atoms with Gasteiger partial charge in [-0.2, -0.15) is 0 Å². The van der Waals surface area contributed by atoms with Crippen molar-refractivity contribution in [1.29, 1.82) is 0 Å². The summed E-state index contributed by atoms with van der Waals surface area (Å²) in [5.74, 6) is 0.309. The number of hydrogen-bond donors (Lipinski definition) is 0. The summed E-state index contributed by atoms with van der Waals surface area (Å²) >= 11 is 0. The Bertz CT molecular complexity index is 654. The molecule has 8 nitrogen and oxygen atoms in total. The molecule has 0 unspecified atom stereocenters. The molecule has 1 aliphatic heterocycles. The van der Waals surface area contributed by atoms with Gasteiger partial charge in [-0.1, -0.05) is 13.8 Å². The van der Waals surface area contributed by atoms with Crippen LogP contribution < -0.4 is 0 Å². The van der Waals surface area contributed by atoms with Gasteiger partial charge in [0.2, 0.25) is 5.82 Å². The molecule has 0 radical (unpaired) electrons. The van der Waals surface area contributed by atoms with E-state index in [1.165, 1.54) is 6.20 Å². The minimum absolute atomic E-state index is 0.117. The minimum Gasteiger partial charge on any atom is -0.461 e. The number of ether oxygens (including phenoxy) is 2. The van der Waals surface area contributed by atoms with E-state index in [2.05, 4.69) is 18.8 Å². The van der Waals surface area contributed by atoms with E-state index in [0.717, 1.165) is 19.4 Å². The quantitative estimate of drug-likeness (QED) is 0.464. The highest BCUT2D eigenvalue weighted by molar-refractivity contribution is 5.69. The lowest BCUT2D eigenvalue weighted by atomic mass is 9.57. The topological polar surface area (TPSA) is 96.5 Å². The van der Waals surface area contributed by atoms with Gasteiger partial charge in [-0.25, -0.2) is 0 Å².